The average molecular weight is 333 g/mol. The lowest BCUT2D eigenvalue weighted by Crippen LogP contribution is -2.56. The van der Waals surface area contributed by atoms with E-state index in [2.05, 4.69) is 39.5 Å². The lowest BCUT2D eigenvalue weighted by molar-refractivity contribution is -0.174. The zero-order valence-corrected chi connectivity index (χ0v) is 16.0. The first-order chi connectivity index (χ1) is 10.9. The number of rotatable bonds is 1. The number of hydrogen-bond donors (Lipinski definition) is 0. The molecule has 0 spiro atoms. The molecular formula is C20H31NO3. The Bertz CT molecular complexity index is 639. The van der Waals surface area contributed by atoms with E-state index >= 15 is 0 Å². The molecule has 4 bridgehead atoms. The molecule has 2 aliphatic carbocycles. The Morgan fingerprint density at radius 1 is 1.08 bits per heavy atom. The Labute approximate surface area is 145 Å². The van der Waals surface area contributed by atoms with E-state index in [4.69, 9.17) is 4.74 Å². The van der Waals surface area contributed by atoms with Gasteiger partial charge in [0.05, 0.1) is 5.41 Å². The van der Waals surface area contributed by atoms with Gasteiger partial charge < -0.3 is 9.64 Å². The summed E-state index contributed by atoms with van der Waals surface area (Å²) in [5.41, 5.74) is -1.44. The van der Waals surface area contributed by atoms with Crippen LogP contribution in [0.25, 0.3) is 0 Å². The molecule has 4 nitrogen and oxygen atoms in total. The molecule has 2 aliphatic heterocycles. The summed E-state index contributed by atoms with van der Waals surface area (Å²) >= 11 is 0. The lowest BCUT2D eigenvalue weighted by atomic mass is 9.65. The molecule has 0 radical (unpaired) electrons. The summed E-state index contributed by atoms with van der Waals surface area (Å²) in [6, 6.07) is 0.294. The van der Waals surface area contributed by atoms with Crippen molar-refractivity contribution in [2.75, 3.05) is 6.54 Å². The molecule has 24 heavy (non-hydrogen) atoms. The third kappa shape index (κ3) is 1.70. The Morgan fingerprint density at radius 2 is 1.75 bits per heavy atom. The minimum absolute atomic E-state index is 0.0773. The highest BCUT2D eigenvalue weighted by atomic mass is 16.6. The first-order valence-electron chi connectivity index (χ1n) is 9.41. The fraction of sp³-hybridized carbons (Fsp3) is 0.900. The second-order valence-electron chi connectivity index (χ2n) is 10.8. The van der Waals surface area contributed by atoms with Crippen molar-refractivity contribution >= 4 is 11.9 Å². The van der Waals surface area contributed by atoms with E-state index < -0.39 is 16.4 Å². The van der Waals surface area contributed by atoms with Crippen molar-refractivity contribution < 1.29 is 14.3 Å². The summed E-state index contributed by atoms with van der Waals surface area (Å²) in [5, 5.41) is 0. The summed E-state index contributed by atoms with van der Waals surface area (Å²) in [4.78, 5) is 28.3. The molecule has 0 unspecified atom stereocenters. The first-order valence-corrected chi connectivity index (χ1v) is 9.41. The normalized spacial score (nSPS) is 47.8. The van der Waals surface area contributed by atoms with Gasteiger partial charge in [0.15, 0.2) is 5.60 Å². The predicted octanol–water partition coefficient (Wildman–Crippen LogP) is 3.54. The van der Waals surface area contributed by atoms with Crippen LogP contribution in [-0.4, -0.2) is 35.0 Å². The van der Waals surface area contributed by atoms with Gasteiger partial charge in [-0.15, -0.1) is 0 Å². The van der Waals surface area contributed by atoms with E-state index in [9.17, 15) is 9.59 Å². The minimum atomic E-state index is -0.948. The van der Waals surface area contributed by atoms with Crippen LogP contribution in [0.15, 0.2) is 0 Å². The van der Waals surface area contributed by atoms with Crippen LogP contribution >= 0.6 is 0 Å². The summed E-state index contributed by atoms with van der Waals surface area (Å²) < 4.78 is 5.84. The van der Waals surface area contributed by atoms with Gasteiger partial charge in [0.1, 0.15) is 0 Å². The van der Waals surface area contributed by atoms with E-state index in [1.54, 1.807) is 0 Å². The molecule has 1 amide bonds. The maximum atomic E-state index is 13.7. The van der Waals surface area contributed by atoms with Crippen LogP contribution in [0.2, 0.25) is 0 Å². The quantitative estimate of drug-likeness (QED) is 0.690. The van der Waals surface area contributed by atoms with Gasteiger partial charge in [0.2, 0.25) is 0 Å². The van der Waals surface area contributed by atoms with Crippen molar-refractivity contribution in [3.8, 4) is 0 Å². The SMILES string of the molecule is CC1(C)C[C@@H]2C[C@@](C)(CN2C(=O)[C@@]23CC[C@](C)(C(=O)O2)C3(C)C)C1. The van der Waals surface area contributed by atoms with Crippen molar-refractivity contribution in [1.82, 2.24) is 4.90 Å². The predicted molar refractivity (Wildman–Crippen MR) is 91.2 cm³/mol. The molecule has 0 aromatic carbocycles. The molecule has 2 heterocycles. The summed E-state index contributed by atoms with van der Waals surface area (Å²) in [5.74, 6) is -0.102. The van der Waals surface area contributed by atoms with Gasteiger partial charge in [-0.25, -0.2) is 0 Å². The van der Waals surface area contributed by atoms with Crippen LogP contribution in [0.5, 0.6) is 0 Å². The Balaban J connectivity index is 1.70. The molecule has 134 valence electrons. The number of fused-ring (bicyclic) bond motifs is 4. The zero-order valence-electron chi connectivity index (χ0n) is 16.0. The average Bonchev–Trinajstić information content (AvgIpc) is 2.86. The lowest BCUT2D eigenvalue weighted by Gasteiger charge is -2.41. The molecule has 0 aromatic rings. The van der Waals surface area contributed by atoms with Gasteiger partial charge in [-0.05, 0) is 49.9 Å². The van der Waals surface area contributed by atoms with Crippen molar-refractivity contribution in [3.63, 3.8) is 0 Å². The number of carbonyl (C=O) groups excluding carboxylic acids is 2. The fourth-order valence-electron chi connectivity index (χ4n) is 6.65. The highest BCUT2D eigenvalue weighted by Gasteiger charge is 2.76. The van der Waals surface area contributed by atoms with E-state index in [1.165, 1.54) is 0 Å². The molecule has 4 heteroatoms. The van der Waals surface area contributed by atoms with Crippen LogP contribution in [0, 0.1) is 21.7 Å². The molecular weight excluding hydrogens is 302 g/mol. The van der Waals surface area contributed by atoms with Crippen molar-refractivity contribution in [3.05, 3.63) is 0 Å². The van der Waals surface area contributed by atoms with Crippen LogP contribution in [0.1, 0.15) is 73.6 Å². The second-order valence-corrected chi connectivity index (χ2v) is 10.8. The maximum Gasteiger partial charge on any atom is 0.313 e. The second kappa shape index (κ2) is 4.19. The highest BCUT2D eigenvalue weighted by Crippen LogP contribution is 2.66. The molecule has 0 aromatic heterocycles. The molecule has 4 aliphatic rings. The van der Waals surface area contributed by atoms with Crippen molar-refractivity contribution in [2.45, 2.75) is 85.3 Å². The Hall–Kier alpha value is -1.06. The molecule has 2 saturated heterocycles. The molecule has 4 atom stereocenters. The Morgan fingerprint density at radius 3 is 2.29 bits per heavy atom. The van der Waals surface area contributed by atoms with E-state index in [1.807, 2.05) is 6.92 Å². The van der Waals surface area contributed by atoms with Crippen LogP contribution in [0.3, 0.4) is 0 Å². The van der Waals surface area contributed by atoms with Gasteiger partial charge in [0.25, 0.3) is 5.91 Å². The van der Waals surface area contributed by atoms with E-state index in [0.717, 1.165) is 32.2 Å². The third-order valence-electron chi connectivity index (χ3n) is 8.10. The minimum Gasteiger partial charge on any atom is -0.448 e. The molecule has 4 fully saturated rings. The van der Waals surface area contributed by atoms with Gasteiger partial charge in [-0.1, -0.05) is 34.6 Å². The van der Waals surface area contributed by atoms with Crippen molar-refractivity contribution in [1.29, 1.82) is 0 Å². The number of ether oxygens (including phenoxy) is 1. The summed E-state index contributed by atoms with van der Waals surface area (Å²) in [6.07, 6.45) is 4.73. The van der Waals surface area contributed by atoms with Gasteiger partial charge >= 0.3 is 5.97 Å². The van der Waals surface area contributed by atoms with Gasteiger partial charge in [-0.2, -0.15) is 0 Å². The standard InChI is InChI=1S/C20H31NO3/c1-16(2)9-13-10-18(5,11-16)12-21(13)14(22)20-8-7-19(6,15(23)24-20)17(20,3)4/h13H,7-12H2,1-6H3/t13-,18-,19-,20-/m1/s1. The van der Waals surface area contributed by atoms with E-state index in [0.29, 0.717) is 12.5 Å². The first kappa shape index (κ1) is 16.4. The fourth-order valence-corrected chi connectivity index (χ4v) is 6.65. The van der Waals surface area contributed by atoms with Crippen LogP contribution in [-0.2, 0) is 14.3 Å². The summed E-state index contributed by atoms with van der Waals surface area (Å²) in [7, 11) is 0. The van der Waals surface area contributed by atoms with E-state index in [-0.39, 0.29) is 22.7 Å². The highest BCUT2D eigenvalue weighted by molar-refractivity contribution is 5.96. The molecule has 4 rings (SSSR count). The van der Waals surface area contributed by atoms with Crippen molar-refractivity contribution in [2.24, 2.45) is 21.7 Å². The van der Waals surface area contributed by atoms with Gasteiger partial charge in [-0.3, -0.25) is 9.59 Å². The third-order valence-corrected chi connectivity index (χ3v) is 8.10. The zero-order chi connectivity index (χ0) is 17.8. The largest absolute Gasteiger partial charge is 0.448 e. The number of nitrogens with zero attached hydrogens (tertiary/aromatic N) is 1. The number of likely N-dealkylation sites (tertiary alicyclic amines) is 1. The van der Waals surface area contributed by atoms with Gasteiger partial charge in [0, 0.05) is 18.0 Å². The monoisotopic (exact) mass is 333 g/mol. The summed E-state index contributed by atoms with van der Waals surface area (Å²) in [6.45, 7) is 13.8. The molecule has 2 saturated carbocycles. The number of carbonyl (C=O) groups is 2. The number of amides is 1. The van der Waals surface area contributed by atoms with Crippen LogP contribution in [0.4, 0.5) is 0 Å². The topological polar surface area (TPSA) is 46.6 Å². The smallest absolute Gasteiger partial charge is 0.313 e. The van der Waals surface area contributed by atoms with Crippen LogP contribution < -0.4 is 0 Å². The number of esters is 1. The maximum absolute atomic E-state index is 13.7. The Kier molecular flexibility index (Phi) is 2.86. The molecule has 0 N–H and O–H groups in total. The number of hydrogen-bond acceptors (Lipinski definition) is 3.